The van der Waals surface area contributed by atoms with E-state index in [4.69, 9.17) is 0 Å². The summed E-state index contributed by atoms with van der Waals surface area (Å²) in [5.74, 6) is -0.767. The smallest absolute Gasteiger partial charge is 0.250 e. The van der Waals surface area contributed by atoms with E-state index in [1.807, 2.05) is 0 Å². The van der Waals surface area contributed by atoms with Crippen molar-refractivity contribution in [2.24, 2.45) is 0 Å². The van der Waals surface area contributed by atoms with Crippen LogP contribution in [-0.4, -0.2) is 22.2 Å². The van der Waals surface area contributed by atoms with Crippen molar-refractivity contribution < 1.29 is 20.0 Å². The molecule has 2 N–H and O–H groups in total. The van der Waals surface area contributed by atoms with Gasteiger partial charge in [0, 0.05) is 12.8 Å². The molecule has 0 fully saturated rings. The molecular formula is C19H22N2O4. The molecule has 0 saturated carbocycles. The van der Waals surface area contributed by atoms with Crippen molar-refractivity contribution in [3.05, 3.63) is 60.7 Å². The van der Waals surface area contributed by atoms with Crippen LogP contribution in [0.4, 0.5) is 11.4 Å². The van der Waals surface area contributed by atoms with E-state index in [9.17, 15) is 20.0 Å². The largest absolute Gasteiger partial charge is 0.281 e. The molecule has 6 nitrogen and oxygen atoms in total. The second-order valence-corrected chi connectivity index (χ2v) is 5.64. The molecule has 0 unspecified atom stereocenters. The summed E-state index contributed by atoms with van der Waals surface area (Å²) in [4.78, 5) is 23.8. The Bertz CT molecular complexity index is 617. The molecule has 0 aliphatic rings. The fourth-order valence-electron chi connectivity index (χ4n) is 2.37. The molecule has 2 aromatic rings. The predicted octanol–water partition coefficient (Wildman–Crippen LogP) is 3.78. The van der Waals surface area contributed by atoms with Gasteiger partial charge < -0.3 is 0 Å². The number of anilines is 2. The number of hydroxylamine groups is 2. The van der Waals surface area contributed by atoms with Crippen LogP contribution in [0.1, 0.15) is 32.1 Å². The van der Waals surface area contributed by atoms with Gasteiger partial charge in [-0.15, -0.1) is 0 Å². The summed E-state index contributed by atoms with van der Waals surface area (Å²) in [6.07, 6.45) is 2.17. The number of carbonyl (C=O) groups is 2. The minimum absolute atomic E-state index is 0.196. The number of unbranched alkanes of at least 4 members (excludes halogenated alkanes) is 2. The van der Waals surface area contributed by atoms with Crippen molar-refractivity contribution in [3.63, 3.8) is 0 Å². The highest BCUT2D eigenvalue weighted by atomic mass is 16.5. The second kappa shape index (κ2) is 9.56. The lowest BCUT2D eigenvalue weighted by Gasteiger charge is -2.15. The highest BCUT2D eigenvalue weighted by Gasteiger charge is 2.14. The summed E-state index contributed by atoms with van der Waals surface area (Å²) in [6.45, 7) is 0. The third-order valence-corrected chi connectivity index (χ3v) is 3.76. The maximum absolute atomic E-state index is 11.9. The lowest BCUT2D eigenvalue weighted by molar-refractivity contribution is -0.124. The molecule has 2 amide bonds. The standard InChI is InChI=1S/C19H22N2O4/c22-18(20(24)16-10-4-1-5-11-16)14-8-3-9-15-19(23)21(25)17-12-6-2-7-13-17/h1-2,4-7,10-13,24-25H,3,8-9,14-15H2. The van der Waals surface area contributed by atoms with Crippen molar-refractivity contribution >= 4 is 23.2 Å². The van der Waals surface area contributed by atoms with E-state index in [1.165, 1.54) is 0 Å². The zero-order chi connectivity index (χ0) is 18.1. The van der Waals surface area contributed by atoms with Crippen LogP contribution in [-0.2, 0) is 9.59 Å². The zero-order valence-electron chi connectivity index (χ0n) is 13.9. The summed E-state index contributed by atoms with van der Waals surface area (Å²) >= 11 is 0. The van der Waals surface area contributed by atoms with Gasteiger partial charge in [0.2, 0.25) is 0 Å². The Balaban J connectivity index is 1.66. The Morgan fingerprint density at radius 1 is 0.640 bits per heavy atom. The number of amides is 2. The fraction of sp³-hybridized carbons (Fsp3) is 0.263. The predicted molar refractivity (Wildman–Crippen MR) is 94.5 cm³/mol. The van der Waals surface area contributed by atoms with Crippen LogP contribution in [0, 0.1) is 0 Å². The van der Waals surface area contributed by atoms with Crippen molar-refractivity contribution in [1.29, 1.82) is 0 Å². The van der Waals surface area contributed by atoms with Crippen LogP contribution in [0.15, 0.2) is 60.7 Å². The minimum Gasteiger partial charge on any atom is -0.281 e. The monoisotopic (exact) mass is 342 g/mol. The average Bonchev–Trinajstić information content (AvgIpc) is 2.67. The molecule has 0 aromatic heterocycles. The third-order valence-electron chi connectivity index (χ3n) is 3.76. The summed E-state index contributed by atoms with van der Waals surface area (Å²) in [5, 5.41) is 20.9. The molecule has 0 heterocycles. The first kappa shape index (κ1) is 18.6. The molecule has 0 saturated heterocycles. The van der Waals surface area contributed by atoms with E-state index in [2.05, 4.69) is 0 Å². The van der Waals surface area contributed by atoms with Crippen molar-refractivity contribution in [2.45, 2.75) is 32.1 Å². The van der Waals surface area contributed by atoms with Crippen LogP contribution < -0.4 is 10.1 Å². The molecule has 2 aromatic carbocycles. The summed E-state index contributed by atoms with van der Waals surface area (Å²) < 4.78 is 0. The Morgan fingerprint density at radius 2 is 1.00 bits per heavy atom. The van der Waals surface area contributed by atoms with Gasteiger partial charge in [-0.2, -0.15) is 10.1 Å². The minimum atomic E-state index is -0.384. The summed E-state index contributed by atoms with van der Waals surface area (Å²) in [6, 6.07) is 17.2. The Kier molecular flexibility index (Phi) is 7.13. The van der Waals surface area contributed by atoms with E-state index in [-0.39, 0.29) is 24.7 Å². The first-order valence-electron chi connectivity index (χ1n) is 8.23. The molecule has 6 heteroatoms. The Labute approximate surface area is 146 Å². The second-order valence-electron chi connectivity index (χ2n) is 5.64. The molecule has 0 bridgehead atoms. The average molecular weight is 342 g/mol. The zero-order valence-corrected chi connectivity index (χ0v) is 13.9. The van der Waals surface area contributed by atoms with Gasteiger partial charge in [0.25, 0.3) is 11.8 Å². The van der Waals surface area contributed by atoms with Crippen LogP contribution in [0.5, 0.6) is 0 Å². The number of carbonyl (C=O) groups excluding carboxylic acids is 2. The number of hydrogen-bond acceptors (Lipinski definition) is 4. The SMILES string of the molecule is O=C(CCCCCC(=O)N(O)c1ccccc1)N(O)c1ccccc1. The normalized spacial score (nSPS) is 10.3. The maximum atomic E-state index is 11.9. The molecule has 0 spiro atoms. The Hall–Kier alpha value is -2.70. The first-order chi connectivity index (χ1) is 12.1. The van der Waals surface area contributed by atoms with Crippen LogP contribution >= 0.6 is 0 Å². The van der Waals surface area contributed by atoms with Gasteiger partial charge in [-0.1, -0.05) is 42.8 Å². The molecule has 25 heavy (non-hydrogen) atoms. The number of nitrogens with zero attached hydrogens (tertiary/aromatic N) is 2. The van der Waals surface area contributed by atoms with Gasteiger partial charge in [0.1, 0.15) is 0 Å². The number of hydrogen-bond donors (Lipinski definition) is 2. The van der Waals surface area contributed by atoms with Crippen molar-refractivity contribution in [2.75, 3.05) is 10.1 Å². The number of para-hydroxylation sites is 2. The maximum Gasteiger partial charge on any atom is 0.250 e. The molecule has 2 rings (SSSR count). The van der Waals surface area contributed by atoms with Gasteiger partial charge >= 0.3 is 0 Å². The van der Waals surface area contributed by atoms with Gasteiger partial charge in [-0.05, 0) is 37.1 Å². The van der Waals surface area contributed by atoms with E-state index < -0.39 is 0 Å². The number of rotatable bonds is 8. The topological polar surface area (TPSA) is 81.1 Å². The van der Waals surface area contributed by atoms with Gasteiger partial charge in [0.05, 0.1) is 11.4 Å². The molecule has 0 aliphatic carbocycles. The first-order valence-corrected chi connectivity index (χ1v) is 8.23. The van der Waals surface area contributed by atoms with Crippen LogP contribution in [0.2, 0.25) is 0 Å². The lowest BCUT2D eigenvalue weighted by atomic mass is 10.1. The molecule has 0 aliphatic heterocycles. The van der Waals surface area contributed by atoms with Gasteiger partial charge in [-0.25, -0.2) is 0 Å². The van der Waals surface area contributed by atoms with Gasteiger partial charge in [-0.3, -0.25) is 20.0 Å². The quantitative estimate of drug-likeness (QED) is 0.434. The molecule has 0 radical (unpaired) electrons. The lowest BCUT2D eigenvalue weighted by Crippen LogP contribution is -2.27. The van der Waals surface area contributed by atoms with E-state index in [1.54, 1.807) is 60.7 Å². The Morgan fingerprint density at radius 3 is 1.36 bits per heavy atom. The summed E-state index contributed by atoms with van der Waals surface area (Å²) in [7, 11) is 0. The molecular weight excluding hydrogens is 320 g/mol. The van der Waals surface area contributed by atoms with Crippen molar-refractivity contribution in [3.8, 4) is 0 Å². The third kappa shape index (κ3) is 5.70. The molecule has 0 atom stereocenters. The van der Waals surface area contributed by atoms with E-state index in [0.29, 0.717) is 40.8 Å². The molecule has 132 valence electrons. The summed E-state index contributed by atoms with van der Waals surface area (Å²) in [5.41, 5.74) is 0.864. The highest BCUT2D eigenvalue weighted by Crippen LogP contribution is 2.15. The highest BCUT2D eigenvalue weighted by molar-refractivity contribution is 5.91. The van der Waals surface area contributed by atoms with Crippen molar-refractivity contribution in [1.82, 2.24) is 0 Å². The van der Waals surface area contributed by atoms with E-state index in [0.717, 1.165) is 0 Å². The fourth-order valence-corrected chi connectivity index (χ4v) is 2.37. The van der Waals surface area contributed by atoms with Crippen LogP contribution in [0.3, 0.4) is 0 Å². The van der Waals surface area contributed by atoms with Gasteiger partial charge in [0.15, 0.2) is 0 Å². The van der Waals surface area contributed by atoms with Crippen LogP contribution in [0.25, 0.3) is 0 Å². The number of benzene rings is 2. The van der Waals surface area contributed by atoms with E-state index >= 15 is 0 Å².